The van der Waals surface area contributed by atoms with Crippen LogP contribution in [-0.2, 0) is 46.3 Å². The summed E-state index contributed by atoms with van der Waals surface area (Å²) < 4.78 is 122. The zero-order valence-corrected chi connectivity index (χ0v) is 43.6. The Bertz CT molecular complexity index is 2520. The molecule has 434 valence electrons. The first-order chi connectivity index (χ1) is 36.1. The van der Waals surface area contributed by atoms with Crippen LogP contribution in [-0.4, -0.2) is 191 Å². The van der Waals surface area contributed by atoms with Gasteiger partial charge in [-0.25, -0.2) is 50.3 Å². The maximum atomic E-state index is 14.3. The Balaban J connectivity index is 0.000000329. The second-order valence-corrected chi connectivity index (χ2v) is 19.9. The Morgan fingerprint density at radius 1 is 0.692 bits per heavy atom. The van der Waals surface area contributed by atoms with E-state index in [1.165, 1.54) is 9.80 Å². The van der Waals surface area contributed by atoms with Gasteiger partial charge in [0.25, 0.3) is 6.47 Å². The lowest BCUT2D eigenvalue weighted by atomic mass is 10.0. The molecule has 78 heavy (non-hydrogen) atoms. The van der Waals surface area contributed by atoms with E-state index in [1.807, 2.05) is 0 Å². The number of carboxylic acids is 2. The van der Waals surface area contributed by atoms with Crippen molar-refractivity contribution in [1.29, 1.82) is 0 Å². The van der Waals surface area contributed by atoms with Crippen molar-refractivity contribution >= 4 is 48.4 Å². The molecule has 6 atom stereocenters. The summed E-state index contributed by atoms with van der Waals surface area (Å²) >= 11 is 0. The van der Waals surface area contributed by atoms with Gasteiger partial charge in [-0.3, -0.25) is 14.4 Å². The topological polar surface area (TPSA) is 253 Å². The molecule has 4 fully saturated rings. The molecule has 4 aliphatic rings. The number of nitrogens with one attached hydrogen (secondary N) is 1. The summed E-state index contributed by atoms with van der Waals surface area (Å²) in [6.07, 6.45) is -3.34. The largest absolute Gasteiger partial charge is 0.490 e. The predicted molar refractivity (Wildman–Crippen MR) is 257 cm³/mol. The van der Waals surface area contributed by atoms with E-state index in [2.05, 4.69) is 10.1 Å². The number of carbonyl (C=O) groups excluding carboxylic acids is 6. The number of benzene rings is 2. The minimum Gasteiger partial charge on any atom is -0.478 e. The van der Waals surface area contributed by atoms with E-state index in [0.717, 1.165) is 31.2 Å². The highest BCUT2D eigenvalue weighted by molar-refractivity contribution is 5.81. The number of rotatable bonds is 12. The minimum absolute atomic E-state index is 0.0245. The Morgan fingerprint density at radius 2 is 1.10 bits per heavy atom. The number of alkyl halides is 3. The van der Waals surface area contributed by atoms with E-state index in [9.17, 15) is 73.1 Å². The van der Waals surface area contributed by atoms with Crippen LogP contribution >= 0.6 is 0 Å². The quantitative estimate of drug-likeness (QED) is 0.0710. The van der Waals surface area contributed by atoms with Gasteiger partial charge < -0.3 is 60.1 Å². The van der Waals surface area contributed by atoms with Crippen LogP contribution in [0.2, 0.25) is 0 Å². The molecule has 0 aromatic heterocycles. The lowest BCUT2D eigenvalue weighted by molar-refractivity contribution is -0.192. The normalized spacial score (nSPS) is 19.1. The standard InChI is InChI=1S/C24H33F3N4O4.C19H25F3N4O2.C4H4O4.C2HF3O2/c1-24(2,3)35-22(33)28-16(8-15-9-18(26)19(27)11-17(15)25)10-21(32)31-7-6-14-12-30(13-20(14)31)23(34)29(4)5;1-24(2)19(28)25-9-11-3-4-26(17(11)10-25)18(27)7-13(23)5-12-6-15(21)16(22)8-14(12)20;5-3-8-2-1-4(6)7;3-2(4,5)1(6)7/h9,11,14,16,20H,6-8,10,12-13H2,1-5H3,(H,28,33);6,8,11,13,17H,3-5,7,9-10,23H2,1-2H3;1-3H,(H,6,7);(H,6,7)/b;;2-1+;/t14-,16+,20+;11-,13+,17+;;/m00../s1. The number of amides is 7. The van der Waals surface area contributed by atoms with Crippen LogP contribution in [0.4, 0.5) is 53.9 Å². The van der Waals surface area contributed by atoms with E-state index >= 15 is 0 Å². The Kier molecular flexibility index (Phi) is 23.6. The fourth-order valence-corrected chi connectivity index (χ4v) is 8.93. The Hall–Kier alpha value is -7.33. The second-order valence-electron chi connectivity index (χ2n) is 19.9. The predicted octanol–water partition coefficient (Wildman–Crippen LogP) is 5.11. The van der Waals surface area contributed by atoms with Gasteiger partial charge in [0.1, 0.15) is 23.5 Å². The average Bonchev–Trinajstić information content (AvgIpc) is 4.11. The SMILES string of the molecule is CN(C)C(=O)N1C[C@@H]2CCN(C(=O)C[C@@H](Cc3cc(F)c(F)cc3F)NC(=O)OC(C)(C)C)[C@@H]2C1.CN(C)C(=O)N1C[C@@H]2CCN(C(=O)C[C@H](N)Cc3cc(F)c(F)cc3F)[C@@H]2C1.O=C(O)C(F)(F)F.O=CO/C=C/C(=O)O. The van der Waals surface area contributed by atoms with Crippen molar-refractivity contribution < 1.29 is 97.6 Å². The van der Waals surface area contributed by atoms with Crippen molar-refractivity contribution in [3.8, 4) is 0 Å². The van der Waals surface area contributed by atoms with Gasteiger partial charge in [-0.1, -0.05) is 0 Å². The molecule has 29 heteroatoms. The summed E-state index contributed by atoms with van der Waals surface area (Å²) in [6, 6.07) is 0.420. The highest BCUT2D eigenvalue weighted by Crippen LogP contribution is 2.34. The molecule has 20 nitrogen and oxygen atoms in total. The molecule has 0 radical (unpaired) electrons. The molecule has 0 saturated carbocycles. The molecule has 7 amide bonds. The van der Waals surface area contributed by atoms with E-state index in [1.54, 1.807) is 68.6 Å². The van der Waals surface area contributed by atoms with Gasteiger partial charge in [0, 0.05) is 116 Å². The van der Waals surface area contributed by atoms with Crippen LogP contribution in [0.1, 0.15) is 57.6 Å². The smallest absolute Gasteiger partial charge is 0.478 e. The fraction of sp³-hybridized carbons (Fsp3) is 0.551. The summed E-state index contributed by atoms with van der Waals surface area (Å²) in [5, 5.41) is 17.6. The summed E-state index contributed by atoms with van der Waals surface area (Å²) in [6.45, 7) is 8.35. The monoisotopic (exact) mass is 1130 g/mol. The van der Waals surface area contributed by atoms with Gasteiger partial charge >= 0.3 is 36.3 Å². The zero-order chi connectivity index (χ0) is 59.1. The lowest BCUT2D eigenvalue weighted by Crippen LogP contribution is -2.46. The van der Waals surface area contributed by atoms with Crippen molar-refractivity contribution in [3.63, 3.8) is 0 Å². The van der Waals surface area contributed by atoms with Gasteiger partial charge in [-0.2, -0.15) is 13.2 Å². The maximum absolute atomic E-state index is 14.3. The molecule has 0 bridgehead atoms. The number of hydrogen-bond donors (Lipinski definition) is 4. The third kappa shape index (κ3) is 19.6. The molecule has 0 unspecified atom stereocenters. The summed E-state index contributed by atoms with van der Waals surface area (Å²) in [5.41, 5.74) is 4.96. The third-order valence-electron chi connectivity index (χ3n) is 12.3. The summed E-state index contributed by atoms with van der Waals surface area (Å²) in [4.78, 5) is 101. The minimum atomic E-state index is -5.08. The van der Waals surface area contributed by atoms with Crippen LogP contribution in [0.15, 0.2) is 36.6 Å². The molecule has 4 aliphatic heterocycles. The molecule has 4 heterocycles. The number of hydrogen-bond acceptors (Lipinski definition) is 11. The van der Waals surface area contributed by atoms with E-state index < -0.39 is 76.8 Å². The first-order valence-corrected chi connectivity index (χ1v) is 24.0. The summed E-state index contributed by atoms with van der Waals surface area (Å²) in [7, 11) is 6.72. The molecule has 4 saturated heterocycles. The number of aliphatic carboxylic acids is 2. The first kappa shape index (κ1) is 65.0. The number of likely N-dealkylation sites (tertiary alicyclic amines) is 4. The van der Waals surface area contributed by atoms with Crippen molar-refractivity contribution in [2.75, 3.05) is 67.5 Å². The number of nitrogens with two attached hydrogens (primary N) is 1. The highest BCUT2D eigenvalue weighted by atomic mass is 19.4. The lowest BCUT2D eigenvalue weighted by Gasteiger charge is -2.28. The number of ether oxygens (including phenoxy) is 2. The van der Waals surface area contributed by atoms with E-state index in [-0.39, 0.29) is 91.1 Å². The van der Waals surface area contributed by atoms with Gasteiger partial charge in [-0.15, -0.1) is 0 Å². The van der Waals surface area contributed by atoms with Crippen molar-refractivity contribution in [2.24, 2.45) is 17.6 Å². The number of halogens is 9. The van der Waals surface area contributed by atoms with Crippen LogP contribution in [0.5, 0.6) is 0 Å². The molecule has 5 N–H and O–H groups in total. The second kappa shape index (κ2) is 28.3. The van der Waals surface area contributed by atoms with E-state index in [0.29, 0.717) is 57.5 Å². The number of nitrogens with zero attached hydrogens (tertiary/aromatic N) is 6. The molecule has 0 spiro atoms. The van der Waals surface area contributed by atoms with Gasteiger partial charge in [0.2, 0.25) is 11.8 Å². The van der Waals surface area contributed by atoms with Crippen LogP contribution < -0.4 is 11.1 Å². The number of carbonyl (C=O) groups is 8. The van der Waals surface area contributed by atoms with Crippen molar-refractivity contribution in [2.45, 2.75) is 95.2 Å². The van der Waals surface area contributed by atoms with Crippen molar-refractivity contribution in [3.05, 3.63) is 82.6 Å². The molecule has 6 rings (SSSR count). The third-order valence-corrected chi connectivity index (χ3v) is 12.3. The zero-order valence-electron chi connectivity index (χ0n) is 43.6. The van der Waals surface area contributed by atoms with Crippen LogP contribution in [0.25, 0.3) is 0 Å². The number of alkyl carbamates (subject to hydrolysis) is 1. The van der Waals surface area contributed by atoms with Crippen molar-refractivity contribution in [1.82, 2.24) is 34.7 Å². The maximum Gasteiger partial charge on any atom is 0.490 e. The highest BCUT2D eigenvalue weighted by Gasteiger charge is 2.47. The summed E-state index contributed by atoms with van der Waals surface area (Å²) in [5.74, 6) is -10.7. The van der Waals surface area contributed by atoms with Crippen LogP contribution in [0.3, 0.4) is 0 Å². The molecule has 0 aliphatic carbocycles. The van der Waals surface area contributed by atoms with Gasteiger partial charge in [-0.05, 0) is 69.7 Å². The first-order valence-electron chi connectivity index (χ1n) is 24.0. The number of fused-ring (bicyclic) bond motifs is 2. The average molecular weight is 1130 g/mol. The Morgan fingerprint density at radius 3 is 1.49 bits per heavy atom. The number of carboxylic acid groups (broad SMARTS) is 2. The Labute approximate surface area is 442 Å². The number of urea groups is 2. The molecular formula is C49H63F9N8O12. The van der Waals surface area contributed by atoms with E-state index in [4.69, 9.17) is 25.5 Å². The van der Waals surface area contributed by atoms with Crippen LogP contribution in [0, 0.1) is 46.7 Å². The molecule has 2 aromatic carbocycles. The van der Waals surface area contributed by atoms with Gasteiger partial charge in [0.05, 0.1) is 18.2 Å². The van der Waals surface area contributed by atoms with Gasteiger partial charge in [0.15, 0.2) is 23.3 Å². The molecular weight excluding hydrogens is 1060 g/mol. The molecule has 2 aromatic rings. The fourth-order valence-electron chi connectivity index (χ4n) is 8.93.